The third-order valence-corrected chi connectivity index (χ3v) is 4.64. The minimum Gasteiger partial charge on any atom is -0.465 e. The van der Waals surface area contributed by atoms with Crippen molar-refractivity contribution in [2.24, 2.45) is 5.73 Å². The van der Waals surface area contributed by atoms with Gasteiger partial charge in [-0.2, -0.15) is 0 Å². The Labute approximate surface area is 153 Å². The Balaban J connectivity index is 1.96. The molecule has 1 aliphatic heterocycles. The average Bonchev–Trinajstić information content (AvgIpc) is 2.98. The lowest BCUT2D eigenvalue weighted by Crippen LogP contribution is -2.36. The summed E-state index contributed by atoms with van der Waals surface area (Å²) >= 11 is 0. The van der Waals surface area contributed by atoms with Gasteiger partial charge in [0.05, 0.1) is 18.7 Å². The van der Waals surface area contributed by atoms with Crippen molar-refractivity contribution < 1.29 is 14.3 Å². The van der Waals surface area contributed by atoms with Crippen LogP contribution in [0.15, 0.2) is 48.5 Å². The second-order valence-electron chi connectivity index (χ2n) is 6.32. The number of carbonyl (C=O) groups is 2. The van der Waals surface area contributed by atoms with Gasteiger partial charge in [0.25, 0.3) is 0 Å². The van der Waals surface area contributed by atoms with Crippen LogP contribution >= 0.6 is 0 Å². The van der Waals surface area contributed by atoms with Crippen molar-refractivity contribution in [1.82, 2.24) is 0 Å². The van der Waals surface area contributed by atoms with Crippen LogP contribution in [-0.2, 0) is 4.74 Å². The van der Waals surface area contributed by atoms with Gasteiger partial charge in [-0.1, -0.05) is 18.2 Å². The highest BCUT2D eigenvalue weighted by atomic mass is 16.5. The number of hydrogen-bond acceptors (Lipinski definition) is 4. The Hall–Kier alpha value is -2.86. The number of ether oxygens (including phenoxy) is 1. The number of para-hydroxylation sites is 1. The van der Waals surface area contributed by atoms with Crippen LogP contribution in [0.4, 0.5) is 16.2 Å². The van der Waals surface area contributed by atoms with Crippen molar-refractivity contribution in [3.05, 3.63) is 59.7 Å². The lowest BCUT2D eigenvalue weighted by molar-refractivity contribution is 0.0600. The zero-order valence-electron chi connectivity index (χ0n) is 15.0. The number of rotatable bonds is 5. The molecular formula is C20H23N3O3. The van der Waals surface area contributed by atoms with E-state index in [1.807, 2.05) is 37.3 Å². The number of carbonyl (C=O) groups excluding carboxylic acids is 2. The third-order valence-electron chi connectivity index (χ3n) is 4.64. The molecule has 0 saturated carbocycles. The Morgan fingerprint density at radius 2 is 1.96 bits per heavy atom. The monoisotopic (exact) mass is 353 g/mol. The zero-order valence-corrected chi connectivity index (χ0v) is 15.0. The lowest BCUT2D eigenvalue weighted by atomic mass is 10.1. The molecule has 1 atom stereocenters. The smallest absolute Gasteiger partial charge is 0.337 e. The molecule has 3 rings (SSSR count). The first kappa shape index (κ1) is 17.9. The largest absolute Gasteiger partial charge is 0.465 e. The van der Waals surface area contributed by atoms with Crippen LogP contribution in [0.5, 0.6) is 0 Å². The normalized spacial score (nSPS) is 16.9. The van der Waals surface area contributed by atoms with Gasteiger partial charge >= 0.3 is 12.0 Å². The highest BCUT2D eigenvalue weighted by Gasteiger charge is 2.39. The molecule has 0 radical (unpaired) electrons. The van der Waals surface area contributed by atoms with E-state index in [4.69, 9.17) is 10.5 Å². The molecule has 1 aliphatic rings. The van der Waals surface area contributed by atoms with Gasteiger partial charge in [0.2, 0.25) is 0 Å². The minimum atomic E-state index is -0.392. The molecule has 0 aliphatic carbocycles. The predicted octanol–water partition coefficient (Wildman–Crippen LogP) is 2.95. The first-order chi connectivity index (χ1) is 12.6. The number of methoxy groups -OCH3 is 1. The van der Waals surface area contributed by atoms with Gasteiger partial charge in [-0.05, 0) is 55.8 Å². The summed E-state index contributed by atoms with van der Waals surface area (Å²) in [5, 5.41) is 0. The number of anilines is 2. The van der Waals surface area contributed by atoms with E-state index < -0.39 is 5.97 Å². The molecular weight excluding hydrogens is 330 g/mol. The summed E-state index contributed by atoms with van der Waals surface area (Å²) in [6.07, 6.45) is 0.702. The van der Waals surface area contributed by atoms with Crippen LogP contribution < -0.4 is 15.5 Å². The fourth-order valence-electron chi connectivity index (χ4n) is 3.36. The number of urea groups is 1. The van der Waals surface area contributed by atoms with Gasteiger partial charge < -0.3 is 10.5 Å². The molecule has 0 bridgehead atoms. The number of amides is 2. The van der Waals surface area contributed by atoms with E-state index in [9.17, 15) is 9.59 Å². The number of nitrogens with zero attached hydrogens (tertiary/aromatic N) is 2. The molecule has 1 heterocycles. The van der Waals surface area contributed by atoms with Crippen LogP contribution in [-0.4, -0.2) is 38.2 Å². The van der Waals surface area contributed by atoms with Crippen LogP contribution in [0, 0.1) is 6.92 Å². The van der Waals surface area contributed by atoms with Crippen molar-refractivity contribution in [3.8, 4) is 0 Å². The first-order valence-corrected chi connectivity index (χ1v) is 8.61. The van der Waals surface area contributed by atoms with Crippen molar-refractivity contribution in [2.45, 2.75) is 19.4 Å². The summed E-state index contributed by atoms with van der Waals surface area (Å²) in [5.74, 6) is -0.392. The summed E-state index contributed by atoms with van der Waals surface area (Å²) in [4.78, 5) is 28.4. The summed E-state index contributed by atoms with van der Waals surface area (Å²) in [7, 11) is 1.35. The second-order valence-corrected chi connectivity index (χ2v) is 6.32. The molecule has 2 aromatic carbocycles. The van der Waals surface area contributed by atoms with Gasteiger partial charge in [0, 0.05) is 17.9 Å². The molecule has 6 nitrogen and oxygen atoms in total. The SMILES string of the molecule is COC(=O)c1ccc(N2C(=O)N(c3ccccc3)CC2CCN)c(C)c1. The van der Waals surface area contributed by atoms with Gasteiger partial charge in [0.1, 0.15) is 0 Å². The molecule has 0 spiro atoms. The van der Waals surface area contributed by atoms with Crippen molar-refractivity contribution in [1.29, 1.82) is 0 Å². The van der Waals surface area contributed by atoms with Crippen molar-refractivity contribution in [3.63, 3.8) is 0 Å². The molecule has 2 N–H and O–H groups in total. The van der Waals surface area contributed by atoms with Crippen LogP contribution in [0.1, 0.15) is 22.3 Å². The van der Waals surface area contributed by atoms with Crippen molar-refractivity contribution in [2.75, 3.05) is 30.0 Å². The number of esters is 1. The molecule has 1 fully saturated rings. The molecule has 2 aromatic rings. The van der Waals surface area contributed by atoms with Crippen molar-refractivity contribution >= 4 is 23.4 Å². The number of aryl methyl sites for hydroxylation is 1. The summed E-state index contributed by atoms with van der Waals surface area (Å²) < 4.78 is 4.77. The fourth-order valence-corrected chi connectivity index (χ4v) is 3.36. The van der Waals surface area contributed by atoms with Crippen LogP contribution in [0.2, 0.25) is 0 Å². The van der Waals surface area contributed by atoms with Crippen LogP contribution in [0.3, 0.4) is 0 Å². The van der Waals surface area contributed by atoms with Crippen LogP contribution in [0.25, 0.3) is 0 Å². The van der Waals surface area contributed by atoms with E-state index in [0.717, 1.165) is 16.9 Å². The molecule has 1 unspecified atom stereocenters. The molecule has 136 valence electrons. The maximum Gasteiger partial charge on any atom is 0.337 e. The highest BCUT2D eigenvalue weighted by molar-refractivity contribution is 6.07. The second kappa shape index (κ2) is 7.58. The van der Waals surface area contributed by atoms with Gasteiger partial charge in [-0.3, -0.25) is 9.80 Å². The van der Waals surface area contributed by atoms with Gasteiger partial charge in [-0.15, -0.1) is 0 Å². The van der Waals surface area contributed by atoms with E-state index in [0.29, 0.717) is 25.1 Å². The molecule has 2 amide bonds. The van der Waals surface area contributed by atoms with E-state index in [1.54, 1.807) is 28.0 Å². The maximum atomic E-state index is 13.1. The van der Waals surface area contributed by atoms with E-state index in [2.05, 4.69) is 0 Å². The number of nitrogens with two attached hydrogens (primary N) is 1. The Bertz CT molecular complexity index is 807. The predicted molar refractivity (Wildman–Crippen MR) is 102 cm³/mol. The number of hydrogen-bond donors (Lipinski definition) is 1. The van der Waals surface area contributed by atoms with E-state index >= 15 is 0 Å². The molecule has 0 aromatic heterocycles. The molecule has 26 heavy (non-hydrogen) atoms. The Kier molecular flexibility index (Phi) is 5.23. The zero-order chi connectivity index (χ0) is 18.7. The first-order valence-electron chi connectivity index (χ1n) is 8.61. The van der Waals surface area contributed by atoms with Gasteiger partial charge in [-0.25, -0.2) is 9.59 Å². The topological polar surface area (TPSA) is 75.9 Å². The molecule has 6 heteroatoms. The summed E-state index contributed by atoms with van der Waals surface area (Å²) in [6, 6.07) is 14.7. The standard InChI is InChI=1S/C20H23N3O3/c1-14-12-15(19(24)26-2)8-9-18(14)23-17(10-11-21)13-22(20(23)25)16-6-4-3-5-7-16/h3-9,12,17H,10-11,13,21H2,1-2H3. The lowest BCUT2D eigenvalue weighted by Gasteiger charge is -2.25. The fraction of sp³-hybridized carbons (Fsp3) is 0.300. The third kappa shape index (κ3) is 3.28. The summed E-state index contributed by atoms with van der Waals surface area (Å²) in [5.41, 5.74) is 8.75. The Morgan fingerprint density at radius 3 is 2.58 bits per heavy atom. The number of benzene rings is 2. The van der Waals surface area contributed by atoms with Gasteiger partial charge in [0.15, 0.2) is 0 Å². The summed E-state index contributed by atoms with van der Waals surface area (Å²) in [6.45, 7) is 2.97. The highest BCUT2D eigenvalue weighted by Crippen LogP contribution is 2.32. The Morgan fingerprint density at radius 1 is 1.23 bits per heavy atom. The average molecular weight is 353 g/mol. The minimum absolute atomic E-state index is 0.0182. The molecule has 1 saturated heterocycles. The van der Waals surface area contributed by atoms with E-state index in [1.165, 1.54) is 7.11 Å². The maximum absolute atomic E-state index is 13.1. The quantitative estimate of drug-likeness (QED) is 0.839. The van der Waals surface area contributed by atoms with E-state index in [-0.39, 0.29) is 12.1 Å².